The largest absolute Gasteiger partial charge is 0.383 e. The van der Waals surface area contributed by atoms with Crippen LogP contribution < -0.4 is 5.32 Å². The Bertz CT molecular complexity index is 544. The van der Waals surface area contributed by atoms with Crippen molar-refractivity contribution in [2.45, 2.75) is 6.54 Å². The van der Waals surface area contributed by atoms with Crippen molar-refractivity contribution >= 4 is 11.6 Å². The average Bonchev–Trinajstić information content (AvgIpc) is 2.81. The first-order chi connectivity index (χ1) is 9.20. The molecule has 1 heterocycles. The molecule has 1 aromatic carbocycles. The summed E-state index contributed by atoms with van der Waals surface area (Å²) in [5, 5.41) is 7.61. The predicted molar refractivity (Wildman–Crippen MR) is 72.1 cm³/mol. The standard InChI is InChI=1S/C13H15ClFN3O/c1-19-5-4-16-7-10-2-3-13(12(15)6-10)18-9-11(14)8-17-18/h2-3,6,8-9,16H,4-5,7H2,1H3. The van der Waals surface area contributed by atoms with Gasteiger partial charge in [0.1, 0.15) is 11.5 Å². The molecule has 2 aromatic rings. The fraction of sp³-hybridized carbons (Fsp3) is 0.308. The molecule has 0 atom stereocenters. The van der Waals surface area contributed by atoms with Gasteiger partial charge in [0.2, 0.25) is 0 Å². The van der Waals surface area contributed by atoms with Gasteiger partial charge >= 0.3 is 0 Å². The topological polar surface area (TPSA) is 39.1 Å². The summed E-state index contributed by atoms with van der Waals surface area (Å²) in [7, 11) is 1.64. The second-order valence-electron chi connectivity index (χ2n) is 4.06. The Balaban J connectivity index is 2.05. The minimum Gasteiger partial charge on any atom is -0.383 e. The van der Waals surface area contributed by atoms with Gasteiger partial charge in [0.25, 0.3) is 0 Å². The lowest BCUT2D eigenvalue weighted by atomic mass is 10.2. The number of methoxy groups -OCH3 is 1. The van der Waals surface area contributed by atoms with Crippen LogP contribution in [-0.2, 0) is 11.3 Å². The Morgan fingerprint density at radius 1 is 1.47 bits per heavy atom. The first kappa shape index (κ1) is 14.0. The fourth-order valence-corrected chi connectivity index (χ4v) is 1.82. The summed E-state index contributed by atoms with van der Waals surface area (Å²) in [5.41, 5.74) is 1.25. The molecular weight excluding hydrogens is 269 g/mol. The van der Waals surface area contributed by atoms with Crippen LogP contribution in [0.3, 0.4) is 0 Å². The number of hydrogen-bond acceptors (Lipinski definition) is 3. The van der Waals surface area contributed by atoms with E-state index in [1.165, 1.54) is 16.9 Å². The van der Waals surface area contributed by atoms with Gasteiger partial charge in [-0.3, -0.25) is 0 Å². The van der Waals surface area contributed by atoms with Gasteiger partial charge in [0.15, 0.2) is 0 Å². The van der Waals surface area contributed by atoms with Gasteiger partial charge in [-0.1, -0.05) is 17.7 Å². The van der Waals surface area contributed by atoms with Crippen molar-refractivity contribution in [3.8, 4) is 5.69 Å². The molecule has 0 bridgehead atoms. The summed E-state index contributed by atoms with van der Waals surface area (Å²) in [6, 6.07) is 5.03. The maximum atomic E-state index is 14.0. The molecule has 0 saturated heterocycles. The summed E-state index contributed by atoms with van der Waals surface area (Å²) >= 11 is 5.76. The van der Waals surface area contributed by atoms with E-state index in [4.69, 9.17) is 16.3 Å². The molecule has 1 aromatic heterocycles. The van der Waals surface area contributed by atoms with Gasteiger partial charge in [-0.15, -0.1) is 0 Å². The van der Waals surface area contributed by atoms with E-state index < -0.39 is 0 Å². The van der Waals surface area contributed by atoms with Gasteiger partial charge in [0.05, 0.1) is 17.8 Å². The zero-order valence-electron chi connectivity index (χ0n) is 10.6. The van der Waals surface area contributed by atoms with Crippen LogP contribution in [0.4, 0.5) is 4.39 Å². The van der Waals surface area contributed by atoms with Crippen molar-refractivity contribution in [2.24, 2.45) is 0 Å². The van der Waals surface area contributed by atoms with E-state index in [1.807, 2.05) is 6.07 Å². The first-order valence-corrected chi connectivity index (χ1v) is 6.27. The van der Waals surface area contributed by atoms with Crippen LogP contribution in [0.15, 0.2) is 30.6 Å². The van der Waals surface area contributed by atoms with Crippen molar-refractivity contribution < 1.29 is 9.13 Å². The van der Waals surface area contributed by atoms with E-state index in [0.29, 0.717) is 23.9 Å². The molecule has 0 unspecified atom stereocenters. The number of rotatable bonds is 6. The Morgan fingerprint density at radius 3 is 2.95 bits per heavy atom. The van der Waals surface area contributed by atoms with Gasteiger partial charge in [-0.05, 0) is 17.7 Å². The van der Waals surface area contributed by atoms with E-state index in [-0.39, 0.29) is 5.82 Å². The lowest BCUT2D eigenvalue weighted by Crippen LogP contribution is -2.18. The fourth-order valence-electron chi connectivity index (χ4n) is 1.69. The minimum absolute atomic E-state index is 0.328. The van der Waals surface area contributed by atoms with E-state index in [2.05, 4.69) is 10.4 Å². The molecule has 2 rings (SSSR count). The average molecular weight is 284 g/mol. The highest BCUT2D eigenvalue weighted by molar-refractivity contribution is 6.30. The predicted octanol–water partition coefficient (Wildman–Crippen LogP) is 2.40. The van der Waals surface area contributed by atoms with Crippen LogP contribution in [0, 0.1) is 5.82 Å². The SMILES string of the molecule is COCCNCc1ccc(-n2cc(Cl)cn2)c(F)c1. The van der Waals surface area contributed by atoms with Crippen LogP contribution in [0.25, 0.3) is 5.69 Å². The molecule has 0 radical (unpaired) electrons. The molecule has 19 heavy (non-hydrogen) atoms. The molecule has 4 nitrogen and oxygen atoms in total. The van der Waals surface area contributed by atoms with E-state index >= 15 is 0 Å². The number of aromatic nitrogens is 2. The van der Waals surface area contributed by atoms with Crippen molar-refractivity contribution in [1.29, 1.82) is 0 Å². The zero-order valence-corrected chi connectivity index (χ0v) is 11.3. The second-order valence-corrected chi connectivity index (χ2v) is 4.49. The summed E-state index contributed by atoms with van der Waals surface area (Å²) in [6.07, 6.45) is 3.04. The van der Waals surface area contributed by atoms with E-state index in [1.54, 1.807) is 19.4 Å². The molecule has 6 heteroatoms. The Hall–Kier alpha value is -1.43. The quantitative estimate of drug-likeness (QED) is 0.828. The summed E-state index contributed by atoms with van der Waals surface area (Å²) in [6.45, 7) is 1.96. The van der Waals surface area contributed by atoms with Crippen LogP contribution in [0.1, 0.15) is 5.56 Å². The van der Waals surface area contributed by atoms with Crippen molar-refractivity contribution in [2.75, 3.05) is 20.3 Å². The number of nitrogens with one attached hydrogen (secondary N) is 1. The molecule has 0 spiro atoms. The highest BCUT2D eigenvalue weighted by Crippen LogP contribution is 2.16. The molecule has 102 valence electrons. The number of benzene rings is 1. The minimum atomic E-state index is -0.328. The third-order valence-corrected chi connectivity index (χ3v) is 2.82. The third-order valence-electron chi connectivity index (χ3n) is 2.62. The Morgan fingerprint density at radius 2 is 2.32 bits per heavy atom. The molecule has 0 aliphatic heterocycles. The van der Waals surface area contributed by atoms with Crippen molar-refractivity contribution in [1.82, 2.24) is 15.1 Å². The maximum Gasteiger partial charge on any atom is 0.149 e. The lowest BCUT2D eigenvalue weighted by Gasteiger charge is -2.07. The Kier molecular flexibility index (Phi) is 4.90. The number of hydrogen-bond donors (Lipinski definition) is 1. The highest BCUT2D eigenvalue weighted by Gasteiger charge is 2.07. The molecule has 0 saturated carbocycles. The third kappa shape index (κ3) is 3.76. The van der Waals surface area contributed by atoms with Gasteiger partial charge in [-0.2, -0.15) is 5.10 Å². The van der Waals surface area contributed by atoms with Gasteiger partial charge in [-0.25, -0.2) is 9.07 Å². The smallest absolute Gasteiger partial charge is 0.149 e. The van der Waals surface area contributed by atoms with Crippen LogP contribution >= 0.6 is 11.6 Å². The first-order valence-electron chi connectivity index (χ1n) is 5.89. The number of halogens is 2. The zero-order chi connectivity index (χ0) is 13.7. The van der Waals surface area contributed by atoms with E-state index in [0.717, 1.165) is 12.1 Å². The highest BCUT2D eigenvalue weighted by atomic mass is 35.5. The monoisotopic (exact) mass is 283 g/mol. The van der Waals surface area contributed by atoms with Crippen LogP contribution in [-0.4, -0.2) is 30.0 Å². The van der Waals surface area contributed by atoms with Crippen molar-refractivity contribution in [3.05, 3.63) is 47.0 Å². The van der Waals surface area contributed by atoms with Crippen LogP contribution in [0.2, 0.25) is 5.02 Å². The number of nitrogens with zero attached hydrogens (tertiary/aromatic N) is 2. The van der Waals surface area contributed by atoms with Gasteiger partial charge < -0.3 is 10.1 Å². The normalized spacial score (nSPS) is 10.9. The van der Waals surface area contributed by atoms with Gasteiger partial charge in [0, 0.05) is 26.4 Å². The summed E-state index contributed by atoms with van der Waals surface area (Å²) in [5.74, 6) is -0.328. The van der Waals surface area contributed by atoms with Crippen LogP contribution in [0.5, 0.6) is 0 Å². The molecular formula is C13H15ClFN3O. The molecule has 0 amide bonds. The summed E-state index contributed by atoms with van der Waals surface area (Å²) in [4.78, 5) is 0. The summed E-state index contributed by atoms with van der Waals surface area (Å²) < 4.78 is 20.3. The van der Waals surface area contributed by atoms with Crippen molar-refractivity contribution in [3.63, 3.8) is 0 Å². The molecule has 0 fully saturated rings. The Labute approximate surface area is 116 Å². The second kappa shape index (κ2) is 6.65. The number of ether oxygens (including phenoxy) is 1. The lowest BCUT2D eigenvalue weighted by molar-refractivity contribution is 0.199. The maximum absolute atomic E-state index is 14.0. The molecule has 1 N–H and O–H groups in total. The van der Waals surface area contributed by atoms with E-state index in [9.17, 15) is 4.39 Å². The molecule has 0 aliphatic carbocycles. The molecule has 0 aliphatic rings.